The van der Waals surface area contributed by atoms with Gasteiger partial charge in [0.2, 0.25) is 0 Å². The zero-order valence-electron chi connectivity index (χ0n) is 6.84. The van der Waals surface area contributed by atoms with Gasteiger partial charge in [-0.1, -0.05) is 17.3 Å². The Morgan fingerprint density at radius 1 is 1.54 bits per heavy atom. The summed E-state index contributed by atoms with van der Waals surface area (Å²) in [4.78, 5) is 0. The van der Waals surface area contributed by atoms with E-state index in [2.05, 4.69) is 5.16 Å². The van der Waals surface area contributed by atoms with Crippen molar-refractivity contribution in [3.8, 4) is 11.8 Å². The molecule has 1 aromatic carbocycles. The molecule has 0 unspecified atom stereocenters. The molecule has 0 spiro atoms. The zero-order valence-corrected chi connectivity index (χ0v) is 6.84. The van der Waals surface area contributed by atoms with Crippen molar-refractivity contribution in [3.63, 3.8) is 0 Å². The van der Waals surface area contributed by atoms with Crippen LogP contribution >= 0.6 is 0 Å². The van der Waals surface area contributed by atoms with E-state index in [1.165, 1.54) is 6.21 Å². The van der Waals surface area contributed by atoms with E-state index < -0.39 is 0 Å². The quantitative estimate of drug-likeness (QED) is 0.430. The van der Waals surface area contributed by atoms with Gasteiger partial charge in [-0.15, -0.1) is 0 Å². The van der Waals surface area contributed by atoms with Crippen LogP contribution in [0.25, 0.3) is 0 Å². The molecule has 1 rings (SSSR count). The Hall–Kier alpha value is -2.02. The smallest absolute Gasteiger partial charge is 0.174 e. The Bertz CT molecular complexity index is 342. The van der Waals surface area contributed by atoms with Crippen molar-refractivity contribution >= 4 is 6.21 Å². The topological polar surface area (TPSA) is 65.6 Å². The number of benzene rings is 1. The maximum atomic E-state index is 8.32. The van der Waals surface area contributed by atoms with Crippen LogP contribution < -0.4 is 4.74 Å². The van der Waals surface area contributed by atoms with Gasteiger partial charge in [0.1, 0.15) is 11.8 Å². The minimum Gasteiger partial charge on any atom is -0.478 e. The molecule has 4 nitrogen and oxygen atoms in total. The fourth-order valence-corrected chi connectivity index (χ4v) is 0.891. The maximum Gasteiger partial charge on any atom is 0.174 e. The molecule has 0 atom stereocenters. The normalized spacial score (nSPS) is 9.77. The highest BCUT2D eigenvalue weighted by Gasteiger charge is 1.98. The van der Waals surface area contributed by atoms with E-state index >= 15 is 0 Å². The molecule has 1 aromatic rings. The van der Waals surface area contributed by atoms with Crippen LogP contribution in [0.2, 0.25) is 0 Å². The molecule has 0 fully saturated rings. The van der Waals surface area contributed by atoms with Gasteiger partial charge in [0.15, 0.2) is 6.61 Å². The van der Waals surface area contributed by atoms with Crippen molar-refractivity contribution in [3.05, 3.63) is 29.8 Å². The molecule has 0 aliphatic heterocycles. The largest absolute Gasteiger partial charge is 0.478 e. The maximum absolute atomic E-state index is 8.32. The number of nitriles is 1. The van der Waals surface area contributed by atoms with Crippen molar-refractivity contribution in [2.75, 3.05) is 6.61 Å². The SMILES string of the molecule is N#CCOc1ccccc1C=NO. The van der Waals surface area contributed by atoms with Gasteiger partial charge < -0.3 is 9.94 Å². The highest BCUT2D eigenvalue weighted by Crippen LogP contribution is 2.15. The summed E-state index contributed by atoms with van der Waals surface area (Å²) < 4.78 is 5.08. The summed E-state index contributed by atoms with van der Waals surface area (Å²) in [5.74, 6) is 0.529. The molecule has 0 aliphatic rings. The number of hydrogen-bond donors (Lipinski definition) is 1. The number of oxime groups is 1. The van der Waals surface area contributed by atoms with E-state index in [4.69, 9.17) is 15.2 Å². The van der Waals surface area contributed by atoms with Crippen LogP contribution in [0.3, 0.4) is 0 Å². The Labute approximate surface area is 75.7 Å². The summed E-state index contributed by atoms with van der Waals surface area (Å²) in [6.45, 7) is -0.0176. The second-order valence-electron chi connectivity index (χ2n) is 2.23. The second-order valence-corrected chi connectivity index (χ2v) is 2.23. The summed E-state index contributed by atoms with van der Waals surface area (Å²) in [6, 6.07) is 8.85. The number of rotatable bonds is 3. The van der Waals surface area contributed by atoms with E-state index in [0.717, 1.165) is 0 Å². The van der Waals surface area contributed by atoms with Gasteiger partial charge in [0.05, 0.1) is 6.21 Å². The van der Waals surface area contributed by atoms with E-state index in [1.54, 1.807) is 24.3 Å². The first-order chi connectivity index (χ1) is 6.38. The predicted molar refractivity (Wildman–Crippen MR) is 46.9 cm³/mol. The van der Waals surface area contributed by atoms with Gasteiger partial charge in [-0.3, -0.25) is 0 Å². The van der Waals surface area contributed by atoms with Gasteiger partial charge in [0, 0.05) is 5.56 Å². The summed E-state index contributed by atoms with van der Waals surface area (Å²) in [5, 5.41) is 19.5. The second kappa shape index (κ2) is 4.78. The minimum atomic E-state index is -0.0176. The molecule has 13 heavy (non-hydrogen) atoms. The van der Waals surface area contributed by atoms with Crippen molar-refractivity contribution in [1.82, 2.24) is 0 Å². The lowest BCUT2D eigenvalue weighted by molar-refractivity contribution is 0.321. The van der Waals surface area contributed by atoms with Gasteiger partial charge >= 0.3 is 0 Å². The molecular formula is C9H8N2O2. The molecule has 0 bridgehead atoms. The van der Waals surface area contributed by atoms with E-state index in [0.29, 0.717) is 11.3 Å². The highest BCUT2D eigenvalue weighted by molar-refractivity contribution is 5.82. The third-order valence-electron chi connectivity index (χ3n) is 1.41. The van der Waals surface area contributed by atoms with Crippen molar-refractivity contribution in [2.45, 2.75) is 0 Å². The van der Waals surface area contributed by atoms with E-state index in [-0.39, 0.29) is 6.61 Å². The Morgan fingerprint density at radius 2 is 2.31 bits per heavy atom. The highest BCUT2D eigenvalue weighted by atomic mass is 16.5. The fraction of sp³-hybridized carbons (Fsp3) is 0.111. The molecule has 0 aliphatic carbocycles. The van der Waals surface area contributed by atoms with Crippen molar-refractivity contribution in [2.24, 2.45) is 5.16 Å². The van der Waals surface area contributed by atoms with Gasteiger partial charge in [0.25, 0.3) is 0 Å². The molecule has 1 N–H and O–H groups in total. The van der Waals surface area contributed by atoms with Crippen LogP contribution in [-0.4, -0.2) is 18.0 Å². The third kappa shape index (κ3) is 2.49. The summed E-state index contributed by atoms with van der Waals surface area (Å²) in [5.41, 5.74) is 0.639. The molecule has 0 amide bonds. The average molecular weight is 176 g/mol. The standard InChI is InChI=1S/C9H8N2O2/c10-5-6-13-9-4-2-1-3-8(9)7-11-12/h1-4,7,12H,6H2. The van der Waals surface area contributed by atoms with Crippen molar-refractivity contribution in [1.29, 1.82) is 5.26 Å². The fourth-order valence-electron chi connectivity index (χ4n) is 0.891. The predicted octanol–water partition coefficient (Wildman–Crippen LogP) is 1.40. The third-order valence-corrected chi connectivity index (χ3v) is 1.41. The summed E-state index contributed by atoms with van der Waals surface area (Å²) >= 11 is 0. The Morgan fingerprint density at radius 3 is 3.00 bits per heavy atom. The molecule has 0 heterocycles. The first kappa shape index (κ1) is 9.07. The van der Waals surface area contributed by atoms with Crippen LogP contribution in [0.4, 0.5) is 0 Å². The summed E-state index contributed by atoms with van der Waals surface area (Å²) in [6.07, 6.45) is 1.26. The molecule has 4 heteroatoms. The van der Waals surface area contributed by atoms with Crippen LogP contribution in [0, 0.1) is 11.3 Å². The lowest BCUT2D eigenvalue weighted by atomic mass is 10.2. The number of para-hydroxylation sites is 1. The zero-order chi connectivity index (χ0) is 9.52. The summed E-state index contributed by atoms with van der Waals surface area (Å²) in [7, 11) is 0. The number of hydrogen-bond acceptors (Lipinski definition) is 4. The minimum absolute atomic E-state index is 0.0176. The molecule has 0 radical (unpaired) electrons. The number of ether oxygens (including phenoxy) is 1. The lowest BCUT2D eigenvalue weighted by Gasteiger charge is -2.03. The molecule has 0 saturated carbocycles. The van der Waals surface area contributed by atoms with Crippen molar-refractivity contribution < 1.29 is 9.94 Å². The molecule has 0 aromatic heterocycles. The first-order valence-electron chi connectivity index (χ1n) is 3.64. The first-order valence-corrected chi connectivity index (χ1v) is 3.64. The van der Waals surface area contributed by atoms with Crippen LogP contribution in [0.15, 0.2) is 29.4 Å². The van der Waals surface area contributed by atoms with E-state index in [9.17, 15) is 0 Å². The van der Waals surface area contributed by atoms with Crippen LogP contribution in [-0.2, 0) is 0 Å². The van der Waals surface area contributed by atoms with Crippen LogP contribution in [0.5, 0.6) is 5.75 Å². The molecular weight excluding hydrogens is 168 g/mol. The molecule has 0 saturated heterocycles. The van der Waals surface area contributed by atoms with Gasteiger partial charge in [-0.05, 0) is 12.1 Å². The average Bonchev–Trinajstić information content (AvgIpc) is 2.17. The van der Waals surface area contributed by atoms with Crippen LogP contribution in [0.1, 0.15) is 5.56 Å². The Balaban J connectivity index is 2.85. The lowest BCUT2D eigenvalue weighted by Crippen LogP contribution is -1.96. The van der Waals surface area contributed by atoms with E-state index in [1.807, 2.05) is 6.07 Å². The van der Waals surface area contributed by atoms with Gasteiger partial charge in [-0.2, -0.15) is 5.26 Å². The Kier molecular flexibility index (Phi) is 3.33. The number of nitrogens with zero attached hydrogens (tertiary/aromatic N) is 2. The monoisotopic (exact) mass is 176 g/mol. The van der Waals surface area contributed by atoms with Gasteiger partial charge in [-0.25, -0.2) is 0 Å². The molecule has 66 valence electrons.